The number of aromatic nitrogens is 2. The molecule has 1 amide bonds. The lowest BCUT2D eigenvalue weighted by atomic mass is 10.2. The standard InChI is InChI=1S/C19H14Cl2FN3O2/c20-14-3-1-13(2-4-14)10-27-11-19(26)25(16-7-5-15(22)6-8-16)18-9-17(21)23-12-24-18/h1-9,12H,10-11H2. The van der Waals surface area contributed by atoms with Gasteiger partial charge in [0.15, 0.2) is 0 Å². The molecule has 0 N–H and O–H groups in total. The number of rotatable bonds is 6. The van der Waals surface area contributed by atoms with Gasteiger partial charge in [0.1, 0.15) is 29.7 Å². The smallest absolute Gasteiger partial charge is 0.258 e. The molecule has 0 saturated carbocycles. The van der Waals surface area contributed by atoms with Crippen LogP contribution in [0.5, 0.6) is 0 Å². The predicted molar refractivity (Wildman–Crippen MR) is 102 cm³/mol. The van der Waals surface area contributed by atoms with E-state index in [0.717, 1.165) is 5.56 Å². The lowest BCUT2D eigenvalue weighted by molar-refractivity contribution is -0.122. The normalized spacial score (nSPS) is 10.6. The van der Waals surface area contributed by atoms with Gasteiger partial charge in [-0.2, -0.15) is 0 Å². The summed E-state index contributed by atoms with van der Waals surface area (Å²) in [4.78, 5) is 22.0. The van der Waals surface area contributed by atoms with Crippen LogP contribution in [0.2, 0.25) is 10.2 Å². The van der Waals surface area contributed by atoms with Gasteiger partial charge >= 0.3 is 0 Å². The van der Waals surface area contributed by atoms with E-state index in [1.807, 2.05) is 12.1 Å². The Hall–Kier alpha value is -2.54. The number of nitrogens with zero attached hydrogens (tertiary/aromatic N) is 3. The molecular formula is C19H14Cl2FN3O2. The predicted octanol–water partition coefficient (Wildman–Crippen LogP) is 4.80. The van der Waals surface area contributed by atoms with Crippen LogP contribution in [-0.4, -0.2) is 22.5 Å². The lowest BCUT2D eigenvalue weighted by Gasteiger charge is -2.22. The van der Waals surface area contributed by atoms with E-state index in [-0.39, 0.29) is 30.1 Å². The topological polar surface area (TPSA) is 55.3 Å². The maximum absolute atomic E-state index is 13.3. The Labute approximate surface area is 165 Å². The molecule has 0 atom stereocenters. The summed E-state index contributed by atoms with van der Waals surface area (Å²) >= 11 is 11.8. The number of ether oxygens (including phenoxy) is 1. The van der Waals surface area contributed by atoms with Crippen LogP contribution in [0.4, 0.5) is 15.9 Å². The van der Waals surface area contributed by atoms with Crippen LogP contribution in [0.3, 0.4) is 0 Å². The summed E-state index contributed by atoms with van der Waals surface area (Å²) in [7, 11) is 0. The highest BCUT2D eigenvalue weighted by Crippen LogP contribution is 2.25. The van der Waals surface area contributed by atoms with Gasteiger partial charge in [-0.05, 0) is 42.0 Å². The Morgan fingerprint density at radius 1 is 1.04 bits per heavy atom. The number of hydrogen-bond acceptors (Lipinski definition) is 4. The molecule has 0 unspecified atom stereocenters. The quantitative estimate of drug-likeness (QED) is 0.552. The first-order valence-corrected chi connectivity index (χ1v) is 8.67. The molecule has 1 aromatic heterocycles. The zero-order valence-corrected chi connectivity index (χ0v) is 15.5. The zero-order valence-electron chi connectivity index (χ0n) is 14.0. The van der Waals surface area contributed by atoms with Crippen molar-refractivity contribution < 1.29 is 13.9 Å². The molecule has 3 aromatic rings. The van der Waals surface area contributed by atoms with E-state index in [4.69, 9.17) is 27.9 Å². The molecule has 8 heteroatoms. The molecule has 0 saturated heterocycles. The molecule has 27 heavy (non-hydrogen) atoms. The summed E-state index contributed by atoms with van der Waals surface area (Å²) in [5.41, 5.74) is 1.32. The fourth-order valence-electron chi connectivity index (χ4n) is 2.34. The molecule has 1 heterocycles. The molecule has 5 nitrogen and oxygen atoms in total. The maximum Gasteiger partial charge on any atom is 0.258 e. The average Bonchev–Trinajstić information content (AvgIpc) is 2.65. The minimum atomic E-state index is -0.411. The number of benzene rings is 2. The first kappa shape index (κ1) is 19.2. The van der Waals surface area contributed by atoms with E-state index in [2.05, 4.69) is 9.97 Å². The first-order chi connectivity index (χ1) is 13.0. The summed E-state index contributed by atoms with van der Waals surface area (Å²) in [5, 5.41) is 0.806. The van der Waals surface area contributed by atoms with Crippen molar-refractivity contribution in [1.29, 1.82) is 0 Å². The van der Waals surface area contributed by atoms with Crippen molar-refractivity contribution in [3.05, 3.63) is 82.5 Å². The molecule has 0 radical (unpaired) electrons. The number of hydrogen-bond donors (Lipinski definition) is 0. The Kier molecular flexibility index (Phi) is 6.34. The van der Waals surface area contributed by atoms with Gasteiger partial charge in [0.2, 0.25) is 0 Å². The molecule has 2 aromatic carbocycles. The van der Waals surface area contributed by atoms with Crippen molar-refractivity contribution in [2.45, 2.75) is 6.61 Å². The van der Waals surface area contributed by atoms with Crippen LogP contribution in [0, 0.1) is 5.82 Å². The minimum absolute atomic E-state index is 0.182. The fraction of sp³-hybridized carbons (Fsp3) is 0.105. The Morgan fingerprint density at radius 2 is 1.74 bits per heavy atom. The van der Waals surface area contributed by atoms with Crippen molar-refractivity contribution in [3.8, 4) is 0 Å². The molecular weight excluding hydrogens is 392 g/mol. The van der Waals surface area contributed by atoms with Gasteiger partial charge in [0, 0.05) is 11.1 Å². The van der Waals surface area contributed by atoms with Gasteiger partial charge in [-0.3, -0.25) is 9.69 Å². The molecule has 138 valence electrons. The van der Waals surface area contributed by atoms with Gasteiger partial charge in [0.25, 0.3) is 5.91 Å². The van der Waals surface area contributed by atoms with Crippen LogP contribution in [0.15, 0.2) is 60.9 Å². The Bertz CT molecular complexity index is 921. The summed E-state index contributed by atoms with van der Waals surface area (Å²) in [5.74, 6) is -0.530. The van der Waals surface area contributed by atoms with E-state index in [1.54, 1.807) is 12.1 Å². The fourth-order valence-corrected chi connectivity index (χ4v) is 2.61. The van der Waals surface area contributed by atoms with Crippen LogP contribution >= 0.6 is 23.2 Å². The van der Waals surface area contributed by atoms with E-state index >= 15 is 0 Å². The van der Waals surface area contributed by atoms with Crippen LogP contribution in [-0.2, 0) is 16.1 Å². The molecule has 3 rings (SSSR count). The Morgan fingerprint density at radius 3 is 2.41 bits per heavy atom. The highest BCUT2D eigenvalue weighted by Gasteiger charge is 2.20. The first-order valence-electron chi connectivity index (χ1n) is 7.91. The summed E-state index contributed by atoms with van der Waals surface area (Å²) in [6.07, 6.45) is 1.25. The molecule has 0 aliphatic heterocycles. The third kappa shape index (κ3) is 5.23. The molecule has 0 aliphatic rings. The van der Waals surface area contributed by atoms with E-state index in [0.29, 0.717) is 10.7 Å². The second-order valence-corrected chi connectivity index (χ2v) is 6.35. The second-order valence-electron chi connectivity index (χ2n) is 5.52. The minimum Gasteiger partial charge on any atom is -0.367 e. The number of carbonyl (C=O) groups excluding carboxylic acids is 1. The van der Waals surface area contributed by atoms with E-state index in [1.165, 1.54) is 41.6 Å². The number of amides is 1. The van der Waals surface area contributed by atoms with Gasteiger partial charge < -0.3 is 4.74 Å². The van der Waals surface area contributed by atoms with E-state index < -0.39 is 5.82 Å². The second kappa shape index (κ2) is 8.90. The van der Waals surface area contributed by atoms with Crippen molar-refractivity contribution >= 4 is 40.6 Å². The lowest BCUT2D eigenvalue weighted by Crippen LogP contribution is -2.30. The van der Waals surface area contributed by atoms with Gasteiger partial charge in [-0.1, -0.05) is 35.3 Å². The SMILES string of the molecule is O=C(COCc1ccc(Cl)cc1)N(c1ccc(F)cc1)c1cc(Cl)ncn1. The molecule has 0 bridgehead atoms. The monoisotopic (exact) mass is 405 g/mol. The highest BCUT2D eigenvalue weighted by atomic mass is 35.5. The summed E-state index contributed by atoms with van der Waals surface area (Å²) in [6.45, 7) is 0.0340. The van der Waals surface area contributed by atoms with Crippen molar-refractivity contribution in [3.63, 3.8) is 0 Å². The molecule has 0 spiro atoms. The van der Waals surface area contributed by atoms with Crippen LogP contribution < -0.4 is 4.90 Å². The largest absolute Gasteiger partial charge is 0.367 e. The van der Waals surface area contributed by atoms with Gasteiger partial charge in [-0.25, -0.2) is 14.4 Å². The zero-order chi connectivity index (χ0) is 19.2. The van der Waals surface area contributed by atoms with Gasteiger partial charge in [-0.15, -0.1) is 0 Å². The van der Waals surface area contributed by atoms with E-state index in [9.17, 15) is 9.18 Å². The Balaban J connectivity index is 1.76. The molecule has 0 aliphatic carbocycles. The van der Waals surface area contributed by atoms with Crippen LogP contribution in [0.25, 0.3) is 0 Å². The van der Waals surface area contributed by atoms with Crippen molar-refractivity contribution in [2.24, 2.45) is 0 Å². The number of carbonyl (C=O) groups is 1. The maximum atomic E-state index is 13.3. The molecule has 0 fully saturated rings. The highest BCUT2D eigenvalue weighted by molar-refractivity contribution is 6.30. The average molecular weight is 406 g/mol. The van der Waals surface area contributed by atoms with Crippen molar-refractivity contribution in [1.82, 2.24) is 9.97 Å². The van der Waals surface area contributed by atoms with Crippen molar-refractivity contribution in [2.75, 3.05) is 11.5 Å². The third-order valence-electron chi connectivity index (χ3n) is 3.59. The number of anilines is 2. The van der Waals surface area contributed by atoms with Gasteiger partial charge in [0.05, 0.1) is 12.3 Å². The van der Waals surface area contributed by atoms with Crippen LogP contribution in [0.1, 0.15) is 5.56 Å². The summed E-state index contributed by atoms with van der Waals surface area (Å²) < 4.78 is 18.8. The number of halogens is 3. The third-order valence-corrected chi connectivity index (χ3v) is 4.05. The summed E-state index contributed by atoms with van der Waals surface area (Å²) in [6, 6.07) is 14.0.